The van der Waals surface area contributed by atoms with E-state index in [1.54, 1.807) is 18.2 Å². The summed E-state index contributed by atoms with van der Waals surface area (Å²) < 4.78 is 0.777. The van der Waals surface area contributed by atoms with Gasteiger partial charge in [0.05, 0.1) is 11.7 Å². The van der Waals surface area contributed by atoms with Crippen molar-refractivity contribution in [2.45, 2.75) is 19.0 Å². The van der Waals surface area contributed by atoms with Crippen molar-refractivity contribution in [2.75, 3.05) is 5.32 Å². The Kier molecular flexibility index (Phi) is 4.29. The summed E-state index contributed by atoms with van der Waals surface area (Å²) in [6.07, 6.45) is 0.702. The average molecular weight is 366 g/mol. The van der Waals surface area contributed by atoms with Gasteiger partial charge in [0.25, 0.3) is 0 Å². The molecule has 1 unspecified atom stereocenters. The molecule has 108 valence electrons. The minimum absolute atomic E-state index is 0.0347. The fraction of sp³-hybridized carbons (Fsp3) is 0.188. The Balaban J connectivity index is 1.72. The van der Waals surface area contributed by atoms with Crippen LogP contribution >= 0.6 is 27.5 Å². The van der Waals surface area contributed by atoms with E-state index in [4.69, 9.17) is 11.6 Å². The molecule has 1 aliphatic heterocycles. The van der Waals surface area contributed by atoms with E-state index >= 15 is 0 Å². The van der Waals surface area contributed by atoms with Crippen LogP contribution in [0.15, 0.2) is 46.9 Å². The average Bonchev–Trinajstić information content (AvgIpc) is 2.49. The molecule has 2 aromatic carbocycles. The summed E-state index contributed by atoms with van der Waals surface area (Å²) in [5, 5.41) is 6.83. The molecule has 3 rings (SSSR count). The Morgan fingerprint density at radius 1 is 1.24 bits per heavy atom. The number of benzene rings is 2. The smallest absolute Gasteiger partial charge is 0.241 e. The fourth-order valence-electron chi connectivity index (χ4n) is 2.45. The first-order valence-corrected chi connectivity index (χ1v) is 7.86. The molecule has 1 heterocycles. The highest BCUT2D eigenvalue weighted by Crippen LogP contribution is 2.26. The van der Waals surface area contributed by atoms with Crippen molar-refractivity contribution >= 4 is 39.1 Å². The summed E-state index contributed by atoms with van der Waals surface area (Å²) in [5.41, 5.74) is 3.21. The van der Waals surface area contributed by atoms with E-state index in [2.05, 4.69) is 38.7 Å². The number of halogens is 2. The second-order valence-corrected chi connectivity index (χ2v) is 6.31. The zero-order chi connectivity index (χ0) is 14.8. The van der Waals surface area contributed by atoms with Gasteiger partial charge >= 0.3 is 0 Å². The Morgan fingerprint density at radius 3 is 2.76 bits per heavy atom. The van der Waals surface area contributed by atoms with Crippen LogP contribution in [0.1, 0.15) is 11.1 Å². The number of carbonyl (C=O) groups excluding carboxylic acids is 1. The van der Waals surface area contributed by atoms with Gasteiger partial charge in [-0.3, -0.25) is 4.79 Å². The molecule has 0 saturated carbocycles. The zero-order valence-corrected chi connectivity index (χ0v) is 13.5. The molecule has 0 aromatic heterocycles. The van der Waals surface area contributed by atoms with Crippen LogP contribution in [0, 0.1) is 0 Å². The van der Waals surface area contributed by atoms with Crippen LogP contribution < -0.4 is 10.6 Å². The number of anilines is 1. The first-order valence-electron chi connectivity index (χ1n) is 6.69. The van der Waals surface area contributed by atoms with Gasteiger partial charge in [0.1, 0.15) is 0 Å². The maximum Gasteiger partial charge on any atom is 0.241 e. The Hall–Kier alpha value is -1.36. The molecule has 0 saturated heterocycles. The number of amides is 1. The molecule has 2 aromatic rings. The molecule has 1 atom stereocenters. The summed E-state index contributed by atoms with van der Waals surface area (Å²) in [7, 11) is 0. The maximum atomic E-state index is 12.4. The third kappa shape index (κ3) is 3.28. The molecule has 1 amide bonds. The summed E-state index contributed by atoms with van der Waals surface area (Å²) in [4.78, 5) is 12.4. The second kappa shape index (κ2) is 6.18. The summed E-state index contributed by atoms with van der Waals surface area (Å²) in [6.45, 7) is 0.718. The van der Waals surface area contributed by atoms with Crippen molar-refractivity contribution < 1.29 is 4.79 Å². The van der Waals surface area contributed by atoms with E-state index < -0.39 is 0 Å². The van der Waals surface area contributed by atoms with Crippen molar-refractivity contribution in [2.24, 2.45) is 0 Å². The quantitative estimate of drug-likeness (QED) is 0.851. The Bertz CT molecular complexity index is 690. The number of nitrogens with one attached hydrogen (secondary N) is 2. The van der Waals surface area contributed by atoms with Crippen LogP contribution in [-0.4, -0.2) is 11.9 Å². The van der Waals surface area contributed by atoms with Crippen molar-refractivity contribution in [1.82, 2.24) is 5.32 Å². The third-order valence-corrected chi connectivity index (χ3v) is 4.48. The summed E-state index contributed by atoms with van der Waals surface area (Å²) in [6, 6.07) is 13.3. The normalized spacial score (nSPS) is 17.1. The highest BCUT2D eigenvalue weighted by molar-refractivity contribution is 9.10. The van der Waals surface area contributed by atoms with Crippen LogP contribution in [0.2, 0.25) is 5.02 Å². The van der Waals surface area contributed by atoms with E-state index in [9.17, 15) is 4.79 Å². The van der Waals surface area contributed by atoms with Gasteiger partial charge in [0.2, 0.25) is 5.91 Å². The molecular formula is C16H14BrClN2O. The molecule has 0 aliphatic carbocycles. The largest absolute Gasteiger partial charge is 0.324 e. The van der Waals surface area contributed by atoms with Crippen LogP contribution in [-0.2, 0) is 17.8 Å². The van der Waals surface area contributed by atoms with Gasteiger partial charge in [-0.05, 0) is 51.7 Å². The lowest BCUT2D eigenvalue weighted by Crippen LogP contribution is -2.44. The Morgan fingerprint density at radius 2 is 2.00 bits per heavy atom. The Labute approximate surface area is 136 Å². The highest BCUT2D eigenvalue weighted by atomic mass is 79.9. The summed E-state index contributed by atoms with van der Waals surface area (Å²) in [5.74, 6) is -0.0347. The van der Waals surface area contributed by atoms with Gasteiger partial charge < -0.3 is 10.6 Å². The minimum Gasteiger partial charge on any atom is -0.324 e. The predicted octanol–water partition coefficient (Wildman–Crippen LogP) is 3.76. The predicted molar refractivity (Wildman–Crippen MR) is 88.6 cm³/mol. The molecule has 0 fully saturated rings. The zero-order valence-electron chi connectivity index (χ0n) is 11.2. The van der Waals surface area contributed by atoms with Crippen molar-refractivity contribution in [3.63, 3.8) is 0 Å². The molecule has 0 spiro atoms. The van der Waals surface area contributed by atoms with Gasteiger partial charge in [-0.1, -0.05) is 35.9 Å². The number of hydrogen-bond acceptors (Lipinski definition) is 2. The minimum atomic E-state index is -0.220. The lowest BCUT2D eigenvalue weighted by molar-refractivity contribution is -0.118. The molecule has 0 radical (unpaired) electrons. The van der Waals surface area contributed by atoms with Gasteiger partial charge in [0.15, 0.2) is 0 Å². The van der Waals surface area contributed by atoms with Gasteiger partial charge in [-0.25, -0.2) is 0 Å². The maximum absolute atomic E-state index is 12.4. The molecule has 2 N–H and O–H groups in total. The van der Waals surface area contributed by atoms with Crippen LogP contribution in [0.5, 0.6) is 0 Å². The topological polar surface area (TPSA) is 41.1 Å². The SMILES string of the molecule is O=C(Nc1ccc(Cl)cc1Br)C1Cc2ccccc2CN1. The van der Waals surface area contributed by atoms with Gasteiger partial charge in [0, 0.05) is 16.0 Å². The monoisotopic (exact) mass is 364 g/mol. The van der Waals surface area contributed by atoms with Crippen molar-refractivity contribution in [3.05, 3.63) is 63.1 Å². The molecular weight excluding hydrogens is 352 g/mol. The van der Waals surface area contributed by atoms with E-state index in [1.807, 2.05) is 12.1 Å². The van der Waals surface area contributed by atoms with Gasteiger partial charge in [-0.15, -0.1) is 0 Å². The molecule has 5 heteroatoms. The van der Waals surface area contributed by atoms with Crippen LogP contribution in [0.4, 0.5) is 5.69 Å². The molecule has 1 aliphatic rings. The third-order valence-electron chi connectivity index (χ3n) is 3.59. The van der Waals surface area contributed by atoms with E-state index in [0.717, 1.165) is 16.7 Å². The lowest BCUT2D eigenvalue weighted by atomic mass is 9.95. The number of rotatable bonds is 2. The van der Waals surface area contributed by atoms with E-state index in [1.165, 1.54) is 11.1 Å². The van der Waals surface area contributed by atoms with E-state index in [-0.39, 0.29) is 11.9 Å². The summed E-state index contributed by atoms with van der Waals surface area (Å²) >= 11 is 9.31. The number of hydrogen-bond donors (Lipinski definition) is 2. The molecule has 21 heavy (non-hydrogen) atoms. The molecule has 3 nitrogen and oxygen atoms in total. The first kappa shape index (κ1) is 14.6. The molecule has 0 bridgehead atoms. The standard InChI is InChI=1S/C16H14BrClN2O/c17-13-8-12(18)5-6-14(13)20-16(21)15-7-10-3-1-2-4-11(10)9-19-15/h1-6,8,15,19H,7,9H2,(H,20,21). The first-order chi connectivity index (χ1) is 10.1. The van der Waals surface area contributed by atoms with Crippen molar-refractivity contribution in [1.29, 1.82) is 0 Å². The fourth-order valence-corrected chi connectivity index (χ4v) is 3.23. The van der Waals surface area contributed by atoms with Crippen LogP contribution in [0.25, 0.3) is 0 Å². The van der Waals surface area contributed by atoms with Crippen LogP contribution in [0.3, 0.4) is 0 Å². The van der Waals surface area contributed by atoms with Gasteiger partial charge in [-0.2, -0.15) is 0 Å². The lowest BCUT2D eigenvalue weighted by Gasteiger charge is -2.25. The van der Waals surface area contributed by atoms with E-state index in [0.29, 0.717) is 11.4 Å². The highest BCUT2D eigenvalue weighted by Gasteiger charge is 2.24. The number of carbonyl (C=O) groups is 1. The van der Waals surface area contributed by atoms with Crippen molar-refractivity contribution in [3.8, 4) is 0 Å². The second-order valence-electron chi connectivity index (χ2n) is 5.02. The number of fused-ring (bicyclic) bond motifs is 1.